The van der Waals surface area contributed by atoms with Crippen LogP contribution in [0.4, 0.5) is 4.39 Å². The number of hydrogen-bond donors (Lipinski definition) is 1. The van der Waals surface area contributed by atoms with Crippen molar-refractivity contribution in [3.8, 4) is 0 Å². The lowest BCUT2D eigenvalue weighted by atomic mass is 9.97. The summed E-state index contributed by atoms with van der Waals surface area (Å²) < 4.78 is 13.2. The molecule has 1 N–H and O–H groups in total. The van der Waals surface area contributed by atoms with E-state index in [2.05, 4.69) is 17.3 Å². The zero-order valence-electron chi connectivity index (χ0n) is 11.4. The molecule has 1 fully saturated rings. The number of hydrogen-bond acceptors (Lipinski definition) is 2. The van der Waals surface area contributed by atoms with E-state index in [4.69, 9.17) is 0 Å². The Morgan fingerprint density at radius 1 is 1.28 bits per heavy atom. The van der Waals surface area contributed by atoms with E-state index in [1.165, 1.54) is 25.9 Å². The lowest BCUT2D eigenvalue weighted by Gasteiger charge is -2.29. The minimum Gasteiger partial charge on any atom is -0.312 e. The summed E-state index contributed by atoms with van der Waals surface area (Å²) in [5, 5.41) is 3.46. The van der Waals surface area contributed by atoms with E-state index in [0.29, 0.717) is 0 Å². The summed E-state index contributed by atoms with van der Waals surface area (Å²) >= 11 is 0. The molecule has 3 heteroatoms. The fourth-order valence-electron chi connectivity index (χ4n) is 2.60. The highest BCUT2D eigenvalue weighted by Gasteiger charge is 2.15. The van der Waals surface area contributed by atoms with Crippen LogP contribution in [0.1, 0.15) is 24.0 Å². The van der Waals surface area contributed by atoms with Crippen LogP contribution in [0.3, 0.4) is 0 Å². The van der Waals surface area contributed by atoms with Crippen molar-refractivity contribution in [2.24, 2.45) is 5.92 Å². The molecule has 0 unspecified atom stereocenters. The Labute approximate surface area is 109 Å². The minimum absolute atomic E-state index is 0.133. The summed E-state index contributed by atoms with van der Waals surface area (Å²) in [4.78, 5) is 2.38. The summed E-state index contributed by atoms with van der Waals surface area (Å²) in [7, 11) is 2.18. The third-order valence-corrected chi connectivity index (χ3v) is 3.70. The monoisotopic (exact) mass is 250 g/mol. The summed E-state index contributed by atoms with van der Waals surface area (Å²) in [5.41, 5.74) is 2.03. The van der Waals surface area contributed by atoms with Crippen LogP contribution in [-0.2, 0) is 6.54 Å². The van der Waals surface area contributed by atoms with Crippen LogP contribution < -0.4 is 5.32 Å². The molecular formula is C15H23FN2. The van der Waals surface area contributed by atoms with E-state index >= 15 is 0 Å². The van der Waals surface area contributed by atoms with Crippen molar-refractivity contribution in [2.75, 3.05) is 26.7 Å². The normalized spacial score (nSPS) is 18.2. The Morgan fingerprint density at radius 2 is 2.00 bits per heavy atom. The van der Waals surface area contributed by atoms with Gasteiger partial charge in [0.25, 0.3) is 0 Å². The number of halogens is 1. The van der Waals surface area contributed by atoms with Crippen LogP contribution in [0.2, 0.25) is 0 Å². The van der Waals surface area contributed by atoms with E-state index in [1.807, 2.05) is 13.0 Å². The van der Waals surface area contributed by atoms with E-state index < -0.39 is 0 Å². The molecule has 18 heavy (non-hydrogen) atoms. The Hall–Kier alpha value is -0.930. The SMILES string of the molecule is Cc1cc(F)cc(CNCC2CCN(C)CC2)c1. The Balaban J connectivity index is 1.74. The van der Waals surface area contributed by atoms with Crippen LogP contribution in [0.5, 0.6) is 0 Å². The molecule has 1 aliphatic rings. The fourth-order valence-corrected chi connectivity index (χ4v) is 2.60. The molecule has 0 spiro atoms. The first kappa shape index (κ1) is 13.5. The molecule has 2 rings (SSSR count). The number of benzene rings is 1. The molecule has 1 aromatic rings. The van der Waals surface area contributed by atoms with Crippen LogP contribution in [-0.4, -0.2) is 31.6 Å². The number of piperidine rings is 1. The van der Waals surface area contributed by atoms with Crippen LogP contribution >= 0.6 is 0 Å². The maximum atomic E-state index is 13.2. The summed E-state index contributed by atoms with van der Waals surface area (Å²) in [6, 6.07) is 5.24. The van der Waals surface area contributed by atoms with Gasteiger partial charge in [-0.25, -0.2) is 4.39 Å². The molecule has 2 nitrogen and oxygen atoms in total. The zero-order valence-corrected chi connectivity index (χ0v) is 11.4. The van der Waals surface area contributed by atoms with Crippen molar-refractivity contribution in [2.45, 2.75) is 26.3 Å². The predicted molar refractivity (Wildman–Crippen MR) is 73.1 cm³/mol. The van der Waals surface area contributed by atoms with Gasteiger partial charge in [0.15, 0.2) is 0 Å². The third-order valence-electron chi connectivity index (χ3n) is 3.70. The van der Waals surface area contributed by atoms with Gasteiger partial charge in [0.05, 0.1) is 0 Å². The molecule has 1 heterocycles. The van der Waals surface area contributed by atoms with E-state index in [9.17, 15) is 4.39 Å². The Kier molecular flexibility index (Phi) is 4.72. The second-order valence-electron chi connectivity index (χ2n) is 5.51. The quantitative estimate of drug-likeness (QED) is 0.883. The molecule has 0 aliphatic carbocycles. The predicted octanol–water partition coefficient (Wildman–Crippen LogP) is 2.57. The van der Waals surface area contributed by atoms with Gasteiger partial charge in [0.2, 0.25) is 0 Å². The lowest BCUT2D eigenvalue weighted by molar-refractivity contribution is 0.216. The second-order valence-corrected chi connectivity index (χ2v) is 5.51. The number of rotatable bonds is 4. The highest BCUT2D eigenvalue weighted by Crippen LogP contribution is 2.15. The maximum absolute atomic E-state index is 13.2. The third kappa shape index (κ3) is 4.07. The molecule has 1 aromatic carbocycles. The van der Waals surface area contributed by atoms with Crippen LogP contribution in [0.15, 0.2) is 18.2 Å². The standard InChI is InChI=1S/C15H23FN2/c1-12-7-14(9-15(16)8-12)11-17-10-13-3-5-18(2)6-4-13/h7-9,13,17H,3-6,10-11H2,1-2H3. The van der Waals surface area contributed by atoms with E-state index in [-0.39, 0.29) is 5.82 Å². The Bertz CT molecular complexity index is 364. The molecule has 0 atom stereocenters. The molecule has 0 amide bonds. The van der Waals surface area contributed by atoms with E-state index in [1.54, 1.807) is 12.1 Å². The Morgan fingerprint density at radius 3 is 2.67 bits per heavy atom. The van der Waals surface area contributed by atoms with Gasteiger partial charge >= 0.3 is 0 Å². The van der Waals surface area contributed by atoms with Gasteiger partial charge in [-0.05, 0) is 75.6 Å². The van der Waals surface area contributed by atoms with E-state index in [0.717, 1.165) is 30.1 Å². The van der Waals surface area contributed by atoms with Gasteiger partial charge in [0, 0.05) is 6.54 Å². The molecule has 1 saturated heterocycles. The van der Waals surface area contributed by atoms with Crippen molar-refractivity contribution in [3.05, 3.63) is 35.1 Å². The molecule has 0 saturated carbocycles. The zero-order chi connectivity index (χ0) is 13.0. The van der Waals surface area contributed by atoms with Gasteiger partial charge in [-0.3, -0.25) is 0 Å². The van der Waals surface area contributed by atoms with Gasteiger partial charge in [-0.15, -0.1) is 0 Å². The smallest absolute Gasteiger partial charge is 0.123 e. The largest absolute Gasteiger partial charge is 0.312 e. The number of nitrogens with zero attached hydrogens (tertiary/aromatic N) is 1. The number of aryl methyl sites for hydroxylation is 1. The average molecular weight is 250 g/mol. The molecule has 0 aromatic heterocycles. The first-order valence-electron chi connectivity index (χ1n) is 6.79. The molecule has 100 valence electrons. The van der Waals surface area contributed by atoms with Crippen molar-refractivity contribution in [3.63, 3.8) is 0 Å². The van der Waals surface area contributed by atoms with Crippen molar-refractivity contribution in [1.29, 1.82) is 0 Å². The molecular weight excluding hydrogens is 227 g/mol. The van der Waals surface area contributed by atoms with Crippen molar-refractivity contribution in [1.82, 2.24) is 10.2 Å². The number of likely N-dealkylation sites (tertiary alicyclic amines) is 1. The minimum atomic E-state index is -0.133. The summed E-state index contributed by atoms with van der Waals surface area (Å²) in [6.07, 6.45) is 2.54. The highest BCUT2D eigenvalue weighted by molar-refractivity contribution is 5.23. The molecule has 0 bridgehead atoms. The van der Waals surface area contributed by atoms with Crippen molar-refractivity contribution >= 4 is 0 Å². The number of nitrogens with one attached hydrogen (secondary N) is 1. The maximum Gasteiger partial charge on any atom is 0.123 e. The summed E-state index contributed by atoms with van der Waals surface area (Å²) in [6.45, 7) is 6.15. The first-order valence-corrected chi connectivity index (χ1v) is 6.79. The van der Waals surface area contributed by atoms with Crippen LogP contribution in [0, 0.1) is 18.7 Å². The van der Waals surface area contributed by atoms with Gasteiger partial charge in [-0.2, -0.15) is 0 Å². The lowest BCUT2D eigenvalue weighted by Crippen LogP contribution is -2.34. The summed E-state index contributed by atoms with van der Waals surface area (Å²) in [5.74, 6) is 0.641. The highest BCUT2D eigenvalue weighted by atomic mass is 19.1. The van der Waals surface area contributed by atoms with Gasteiger partial charge < -0.3 is 10.2 Å². The molecule has 1 aliphatic heterocycles. The first-order chi connectivity index (χ1) is 8.63. The molecule has 0 radical (unpaired) electrons. The average Bonchev–Trinajstić information content (AvgIpc) is 2.30. The van der Waals surface area contributed by atoms with Crippen LogP contribution in [0.25, 0.3) is 0 Å². The fraction of sp³-hybridized carbons (Fsp3) is 0.600. The topological polar surface area (TPSA) is 15.3 Å². The van der Waals surface area contributed by atoms with Crippen molar-refractivity contribution < 1.29 is 4.39 Å². The second kappa shape index (κ2) is 6.30. The van der Waals surface area contributed by atoms with Gasteiger partial charge in [-0.1, -0.05) is 6.07 Å². The van der Waals surface area contributed by atoms with Gasteiger partial charge in [0.1, 0.15) is 5.82 Å².